The number of aromatic amines is 1. The van der Waals surface area contributed by atoms with Gasteiger partial charge < -0.3 is 35.7 Å². The molecule has 12 heteroatoms. The topological polar surface area (TPSA) is 166 Å². The predicted molar refractivity (Wildman–Crippen MR) is 188 cm³/mol. The summed E-state index contributed by atoms with van der Waals surface area (Å²) in [4.78, 5) is 60.2. The van der Waals surface area contributed by atoms with Gasteiger partial charge in [-0.15, -0.1) is 0 Å². The molecule has 6 rings (SSSR count). The van der Waals surface area contributed by atoms with Crippen LogP contribution in [0.5, 0.6) is 0 Å². The first-order valence-electron chi connectivity index (χ1n) is 15.9. The smallest absolute Gasteiger partial charge is 0.408 e. The summed E-state index contributed by atoms with van der Waals surface area (Å²) in [6.45, 7) is -0.00918. The number of nitrogens with one attached hydrogen (secondary N) is 4. The number of nitrogens with zero attached hydrogens (tertiary/aromatic N) is 2. The second kappa shape index (κ2) is 15.5. The molecule has 1 heterocycles. The first-order chi connectivity index (χ1) is 24.3. The zero-order valence-electron chi connectivity index (χ0n) is 26.8. The van der Waals surface area contributed by atoms with Crippen LogP contribution >= 0.6 is 0 Å². The van der Waals surface area contributed by atoms with Gasteiger partial charge in [0.15, 0.2) is 0 Å². The van der Waals surface area contributed by atoms with Gasteiger partial charge in [-0.05, 0) is 46.8 Å². The summed E-state index contributed by atoms with van der Waals surface area (Å²) in [6.07, 6.45) is -0.920. The van der Waals surface area contributed by atoms with Gasteiger partial charge in [0.25, 0.3) is 5.91 Å². The van der Waals surface area contributed by atoms with Crippen LogP contribution in [0.15, 0.2) is 121 Å². The minimum atomic E-state index is -1.41. The number of aromatic nitrogens is 2. The van der Waals surface area contributed by atoms with Crippen molar-refractivity contribution in [3.8, 4) is 0 Å². The van der Waals surface area contributed by atoms with Crippen molar-refractivity contribution in [3.05, 3.63) is 144 Å². The van der Waals surface area contributed by atoms with Crippen LogP contribution in [0.1, 0.15) is 27.3 Å². The molecule has 0 saturated heterocycles. The lowest BCUT2D eigenvalue weighted by Gasteiger charge is -2.23. The molecule has 0 aliphatic rings. The fraction of sp³-hybridized carbons (Fsp3) is 0.132. The molecule has 4 amide bonds. The quantitative estimate of drug-likeness (QED) is 0.106. The number of anilines is 1. The van der Waals surface area contributed by atoms with Crippen LogP contribution in [0.2, 0.25) is 0 Å². The molecule has 252 valence electrons. The maximum Gasteiger partial charge on any atom is 0.408 e. The Balaban J connectivity index is 1.10. The number of carbonyl (C=O) groups is 4. The third-order valence-corrected chi connectivity index (χ3v) is 7.96. The Bertz CT molecular complexity index is 2100. The van der Waals surface area contributed by atoms with Gasteiger partial charge in [0.1, 0.15) is 18.5 Å². The molecule has 1 aromatic heterocycles. The number of carboxylic acids is 1. The van der Waals surface area contributed by atoms with E-state index in [4.69, 9.17) is 4.74 Å². The standard InChI is InChI=1S/C38H34N6O6/c45-35(39-21-33(36(46)47)43-38(49)50-24-26-9-2-1-3-10-26)28-19-17-25(18-20-28)22-44(23-34-40-31-14-6-7-15-32(31)41-34)37(48)42-30-16-8-12-27-11-4-5-13-29(27)30/h1-20,33H,21-24H2,(H,39,45)(H,40,41)(H,42,48)(H,43,49)(H,46,47)/t33-/m0/s1. The van der Waals surface area contributed by atoms with Crippen molar-refractivity contribution in [1.82, 2.24) is 25.5 Å². The lowest BCUT2D eigenvalue weighted by atomic mass is 10.1. The molecule has 0 radical (unpaired) electrons. The van der Waals surface area contributed by atoms with E-state index in [2.05, 4.69) is 25.9 Å². The summed E-state index contributed by atoms with van der Waals surface area (Å²) >= 11 is 0. The van der Waals surface area contributed by atoms with Crippen LogP contribution in [-0.2, 0) is 29.2 Å². The van der Waals surface area contributed by atoms with E-state index < -0.39 is 24.0 Å². The molecule has 50 heavy (non-hydrogen) atoms. The number of H-pyrrole nitrogens is 1. The van der Waals surface area contributed by atoms with E-state index >= 15 is 0 Å². The van der Waals surface area contributed by atoms with Gasteiger partial charge >= 0.3 is 18.1 Å². The number of hydrogen-bond acceptors (Lipinski definition) is 6. The normalized spacial score (nSPS) is 11.4. The molecule has 12 nitrogen and oxygen atoms in total. The fourth-order valence-corrected chi connectivity index (χ4v) is 5.38. The number of benzene rings is 5. The minimum absolute atomic E-state index is 0.0295. The molecule has 0 spiro atoms. The number of carbonyl (C=O) groups excluding carboxylic acids is 3. The molecular formula is C38H34N6O6. The lowest BCUT2D eigenvalue weighted by Crippen LogP contribution is -2.48. The minimum Gasteiger partial charge on any atom is -0.480 e. The van der Waals surface area contributed by atoms with E-state index in [1.807, 2.05) is 72.8 Å². The monoisotopic (exact) mass is 670 g/mol. The maximum atomic E-state index is 13.8. The Morgan fingerprint density at radius 2 is 1.50 bits per heavy atom. The van der Waals surface area contributed by atoms with Crippen LogP contribution in [0.25, 0.3) is 21.8 Å². The highest BCUT2D eigenvalue weighted by atomic mass is 16.5. The summed E-state index contributed by atoms with van der Waals surface area (Å²) in [7, 11) is 0. The number of fused-ring (bicyclic) bond motifs is 2. The summed E-state index contributed by atoms with van der Waals surface area (Å²) in [6, 6.07) is 35.0. The highest BCUT2D eigenvalue weighted by Gasteiger charge is 2.22. The Kier molecular flexibility index (Phi) is 10.3. The Labute approximate surface area is 287 Å². The van der Waals surface area contributed by atoms with Gasteiger partial charge in [0, 0.05) is 24.0 Å². The molecule has 5 aromatic carbocycles. The Morgan fingerprint density at radius 3 is 2.28 bits per heavy atom. The molecular weight excluding hydrogens is 636 g/mol. The molecule has 0 fully saturated rings. The molecule has 0 saturated carbocycles. The van der Waals surface area contributed by atoms with Crippen molar-refractivity contribution in [2.24, 2.45) is 0 Å². The average Bonchev–Trinajstić information content (AvgIpc) is 3.55. The number of ether oxygens (including phenoxy) is 1. The first-order valence-corrected chi connectivity index (χ1v) is 15.9. The van der Waals surface area contributed by atoms with E-state index in [-0.39, 0.29) is 37.8 Å². The summed E-state index contributed by atoms with van der Waals surface area (Å²) in [5.74, 6) is -1.25. The van der Waals surface area contributed by atoms with Crippen molar-refractivity contribution < 1.29 is 29.0 Å². The zero-order valence-corrected chi connectivity index (χ0v) is 26.8. The van der Waals surface area contributed by atoms with E-state index in [9.17, 15) is 24.3 Å². The van der Waals surface area contributed by atoms with Crippen LogP contribution in [0.3, 0.4) is 0 Å². The molecule has 0 aliphatic heterocycles. The molecule has 0 aliphatic carbocycles. The predicted octanol–water partition coefficient (Wildman–Crippen LogP) is 6.06. The third kappa shape index (κ3) is 8.42. The molecule has 0 bridgehead atoms. The van der Waals surface area contributed by atoms with E-state index in [1.165, 1.54) is 0 Å². The summed E-state index contributed by atoms with van der Waals surface area (Å²) in [5.41, 5.74) is 4.08. The Hall–Kier alpha value is -6.69. The number of urea groups is 1. The van der Waals surface area contributed by atoms with Gasteiger partial charge in [-0.1, -0.05) is 91.0 Å². The molecule has 0 unspecified atom stereocenters. The number of hydrogen-bond donors (Lipinski definition) is 5. The summed E-state index contributed by atoms with van der Waals surface area (Å²) in [5, 5.41) is 19.3. The van der Waals surface area contributed by atoms with Gasteiger partial charge in [0.2, 0.25) is 0 Å². The van der Waals surface area contributed by atoms with Crippen LogP contribution in [0.4, 0.5) is 15.3 Å². The maximum absolute atomic E-state index is 13.8. The average molecular weight is 671 g/mol. The van der Waals surface area contributed by atoms with Crippen LogP contribution < -0.4 is 16.0 Å². The van der Waals surface area contributed by atoms with Crippen molar-refractivity contribution in [2.45, 2.75) is 25.7 Å². The van der Waals surface area contributed by atoms with Crippen molar-refractivity contribution >= 4 is 51.5 Å². The second-order valence-electron chi connectivity index (χ2n) is 11.5. The van der Waals surface area contributed by atoms with Crippen molar-refractivity contribution in [3.63, 3.8) is 0 Å². The fourth-order valence-electron chi connectivity index (χ4n) is 5.38. The van der Waals surface area contributed by atoms with Gasteiger partial charge in [0.05, 0.1) is 23.3 Å². The number of carboxylic acid groups (broad SMARTS) is 1. The second-order valence-corrected chi connectivity index (χ2v) is 11.5. The SMILES string of the molecule is O=C(N[C@@H](CNC(=O)c1ccc(CN(Cc2nc3ccccc3[nH]2)C(=O)Nc2cccc3ccccc23)cc1)C(=O)O)OCc1ccccc1. The van der Waals surface area contributed by atoms with E-state index in [1.54, 1.807) is 53.4 Å². The van der Waals surface area contributed by atoms with Crippen molar-refractivity contribution in [1.29, 1.82) is 0 Å². The highest BCUT2D eigenvalue weighted by molar-refractivity contribution is 6.01. The number of rotatable bonds is 12. The first kappa shape index (κ1) is 33.2. The number of aliphatic carboxylic acids is 1. The van der Waals surface area contributed by atoms with Gasteiger partial charge in [-0.25, -0.2) is 19.4 Å². The number of imidazole rings is 1. The highest BCUT2D eigenvalue weighted by Crippen LogP contribution is 2.24. The Morgan fingerprint density at radius 1 is 0.780 bits per heavy atom. The zero-order chi connectivity index (χ0) is 34.9. The van der Waals surface area contributed by atoms with Crippen LogP contribution in [-0.4, -0.2) is 56.6 Å². The largest absolute Gasteiger partial charge is 0.480 e. The van der Waals surface area contributed by atoms with E-state index in [0.29, 0.717) is 11.5 Å². The van der Waals surface area contributed by atoms with Gasteiger partial charge in [-0.3, -0.25) is 4.79 Å². The summed E-state index contributed by atoms with van der Waals surface area (Å²) < 4.78 is 5.10. The number of amides is 4. The molecule has 1 atom stereocenters. The van der Waals surface area contributed by atoms with Gasteiger partial charge in [-0.2, -0.15) is 0 Å². The number of alkyl carbamates (subject to hydrolysis) is 1. The molecule has 6 aromatic rings. The van der Waals surface area contributed by atoms with Crippen molar-refractivity contribution in [2.75, 3.05) is 11.9 Å². The molecule has 5 N–H and O–H groups in total. The van der Waals surface area contributed by atoms with E-state index in [0.717, 1.165) is 32.9 Å². The van der Waals surface area contributed by atoms with Crippen LogP contribution in [0, 0.1) is 0 Å². The lowest BCUT2D eigenvalue weighted by molar-refractivity contribution is -0.139. The number of para-hydroxylation sites is 2. The third-order valence-electron chi connectivity index (χ3n) is 7.96.